The summed E-state index contributed by atoms with van der Waals surface area (Å²) in [5, 5.41) is 7.01. The van der Waals surface area contributed by atoms with Gasteiger partial charge in [0.05, 0.1) is 12.5 Å². The van der Waals surface area contributed by atoms with Crippen molar-refractivity contribution >= 4 is 23.2 Å². The molecule has 1 saturated carbocycles. The van der Waals surface area contributed by atoms with E-state index >= 15 is 0 Å². The van der Waals surface area contributed by atoms with Crippen molar-refractivity contribution in [3.05, 3.63) is 47.5 Å². The molecule has 0 spiro atoms. The van der Waals surface area contributed by atoms with Gasteiger partial charge in [-0.3, -0.25) is 9.59 Å². The van der Waals surface area contributed by atoms with Gasteiger partial charge in [-0.1, -0.05) is 12.1 Å². The molecular formula is C32H45N5O4. The van der Waals surface area contributed by atoms with Crippen LogP contribution in [0.3, 0.4) is 0 Å². The number of nitrogens with one attached hydrogen (secondary N) is 2. The molecule has 41 heavy (non-hydrogen) atoms. The minimum Gasteiger partial charge on any atom is -0.491 e. The molecule has 2 amide bonds. The van der Waals surface area contributed by atoms with Crippen LogP contribution in [0.4, 0.5) is 5.69 Å². The number of carbonyl (C=O) groups is 2. The van der Waals surface area contributed by atoms with Gasteiger partial charge in [0.1, 0.15) is 12.4 Å². The van der Waals surface area contributed by atoms with E-state index in [1.807, 2.05) is 37.3 Å². The molecule has 0 saturated heterocycles. The number of hydrazone groups is 1. The average Bonchev–Trinajstić information content (AvgIpc) is 3.30. The maximum absolute atomic E-state index is 13.6. The standard InChI is InChI=1S/C32H45N5O4/c1-7-37(26-12-10-25(11-13-26)36(4)5)30-19-24(23-8-14-27(15-9-23)41-17-16-40-6)18-28(21(30)2)31(38)33-20-29-22(3)34-35-32(29)39/h8-9,14-15,18-19,25-26,29H,7,10-13,16-17,20H2,1-6H3,(H,33,38)(H,35,39). The van der Waals surface area contributed by atoms with Crippen LogP contribution in [0.2, 0.25) is 0 Å². The van der Waals surface area contributed by atoms with Crippen molar-refractivity contribution in [2.75, 3.05) is 52.4 Å². The summed E-state index contributed by atoms with van der Waals surface area (Å²) in [5.41, 5.74) is 7.80. The molecule has 1 aliphatic carbocycles. The third kappa shape index (κ3) is 7.26. The second-order valence-corrected chi connectivity index (χ2v) is 11.2. The highest BCUT2D eigenvalue weighted by molar-refractivity contribution is 6.08. The second-order valence-electron chi connectivity index (χ2n) is 11.2. The van der Waals surface area contributed by atoms with E-state index in [0.717, 1.165) is 60.4 Å². The Kier molecular flexibility index (Phi) is 10.4. The van der Waals surface area contributed by atoms with Crippen molar-refractivity contribution in [1.82, 2.24) is 15.6 Å². The molecule has 1 heterocycles. The van der Waals surface area contributed by atoms with Crippen molar-refractivity contribution < 1.29 is 19.1 Å². The summed E-state index contributed by atoms with van der Waals surface area (Å²) in [5.74, 6) is -0.0559. The highest BCUT2D eigenvalue weighted by Crippen LogP contribution is 2.36. The lowest BCUT2D eigenvalue weighted by molar-refractivity contribution is -0.121. The second kappa shape index (κ2) is 14.0. The number of methoxy groups -OCH3 is 1. The zero-order chi connectivity index (χ0) is 29.5. The molecule has 222 valence electrons. The number of benzene rings is 2. The maximum Gasteiger partial charge on any atom is 0.251 e. The quantitative estimate of drug-likeness (QED) is 0.375. The fourth-order valence-electron chi connectivity index (χ4n) is 5.92. The molecule has 1 atom stereocenters. The Balaban J connectivity index is 1.65. The molecule has 2 aromatic carbocycles. The maximum atomic E-state index is 13.6. The van der Waals surface area contributed by atoms with Crippen molar-refractivity contribution in [2.45, 2.75) is 58.5 Å². The predicted molar refractivity (Wildman–Crippen MR) is 164 cm³/mol. The van der Waals surface area contributed by atoms with E-state index in [1.165, 1.54) is 0 Å². The largest absolute Gasteiger partial charge is 0.491 e. The monoisotopic (exact) mass is 563 g/mol. The number of rotatable bonds is 12. The van der Waals surface area contributed by atoms with Gasteiger partial charge >= 0.3 is 0 Å². The number of hydrogen-bond acceptors (Lipinski definition) is 7. The van der Waals surface area contributed by atoms with Crippen LogP contribution in [0.15, 0.2) is 41.5 Å². The van der Waals surface area contributed by atoms with Gasteiger partial charge in [-0.2, -0.15) is 5.10 Å². The predicted octanol–water partition coefficient (Wildman–Crippen LogP) is 4.24. The zero-order valence-corrected chi connectivity index (χ0v) is 25.3. The Morgan fingerprint density at radius 3 is 2.29 bits per heavy atom. The van der Waals surface area contributed by atoms with Gasteiger partial charge in [0.15, 0.2) is 0 Å². The average molecular weight is 564 g/mol. The molecule has 4 rings (SSSR count). The molecule has 0 radical (unpaired) electrons. The molecule has 1 unspecified atom stereocenters. The first kappa shape index (κ1) is 30.5. The Morgan fingerprint density at radius 2 is 1.71 bits per heavy atom. The first-order valence-corrected chi connectivity index (χ1v) is 14.7. The van der Waals surface area contributed by atoms with Crippen LogP contribution < -0.4 is 20.4 Å². The Hall–Kier alpha value is -3.43. The SMILES string of the molecule is CCN(c1cc(-c2ccc(OCCOC)cc2)cc(C(=O)NCC2C(=O)NN=C2C)c1C)C1CCC(N(C)C)CC1. The number of amides is 2. The van der Waals surface area contributed by atoms with Gasteiger partial charge < -0.3 is 24.6 Å². The first-order chi connectivity index (χ1) is 19.7. The molecule has 9 nitrogen and oxygen atoms in total. The van der Waals surface area contributed by atoms with Gasteiger partial charge in [0.25, 0.3) is 11.8 Å². The van der Waals surface area contributed by atoms with Crippen LogP contribution in [-0.2, 0) is 9.53 Å². The van der Waals surface area contributed by atoms with Gasteiger partial charge in [0.2, 0.25) is 0 Å². The highest BCUT2D eigenvalue weighted by Gasteiger charge is 2.30. The van der Waals surface area contributed by atoms with Crippen molar-refractivity contribution in [1.29, 1.82) is 0 Å². The summed E-state index contributed by atoms with van der Waals surface area (Å²) in [6.07, 6.45) is 4.56. The van der Waals surface area contributed by atoms with Crippen LogP contribution in [0.5, 0.6) is 5.75 Å². The lowest BCUT2D eigenvalue weighted by Gasteiger charge is -2.40. The minimum absolute atomic E-state index is 0.188. The summed E-state index contributed by atoms with van der Waals surface area (Å²) in [4.78, 5) is 30.6. The fourth-order valence-corrected chi connectivity index (χ4v) is 5.92. The lowest BCUT2D eigenvalue weighted by atomic mass is 9.88. The van der Waals surface area contributed by atoms with Crippen LogP contribution in [0, 0.1) is 12.8 Å². The molecule has 0 bridgehead atoms. The molecular weight excluding hydrogens is 518 g/mol. The highest BCUT2D eigenvalue weighted by atomic mass is 16.5. The Bertz CT molecular complexity index is 1240. The van der Waals surface area contributed by atoms with Crippen LogP contribution in [0.25, 0.3) is 11.1 Å². The van der Waals surface area contributed by atoms with Gasteiger partial charge in [0, 0.05) is 49.2 Å². The summed E-state index contributed by atoms with van der Waals surface area (Å²) >= 11 is 0. The minimum atomic E-state index is -0.452. The van der Waals surface area contributed by atoms with E-state index in [-0.39, 0.29) is 18.4 Å². The molecule has 2 N–H and O–H groups in total. The number of hydrogen-bond donors (Lipinski definition) is 2. The summed E-state index contributed by atoms with van der Waals surface area (Å²) in [7, 11) is 5.98. The van der Waals surface area contributed by atoms with E-state index in [9.17, 15) is 9.59 Å². The third-order valence-electron chi connectivity index (χ3n) is 8.49. The normalized spacial score (nSPS) is 20.5. The van der Waals surface area contributed by atoms with E-state index in [0.29, 0.717) is 36.6 Å². The number of ether oxygens (including phenoxy) is 2. The van der Waals surface area contributed by atoms with Crippen LogP contribution in [0.1, 0.15) is 55.5 Å². The van der Waals surface area contributed by atoms with Gasteiger partial charge in [-0.15, -0.1) is 0 Å². The number of carbonyl (C=O) groups excluding carboxylic acids is 2. The summed E-state index contributed by atoms with van der Waals surface area (Å²) < 4.78 is 10.8. The topological polar surface area (TPSA) is 95.5 Å². The van der Waals surface area contributed by atoms with E-state index in [4.69, 9.17) is 9.47 Å². The molecule has 1 aliphatic heterocycles. The van der Waals surface area contributed by atoms with Crippen molar-refractivity contribution in [3.8, 4) is 16.9 Å². The molecule has 1 fully saturated rings. The van der Waals surface area contributed by atoms with Gasteiger partial charge in [-0.05, 0) is 102 Å². The molecule has 0 aromatic heterocycles. The van der Waals surface area contributed by atoms with E-state index in [1.54, 1.807) is 14.0 Å². The molecule has 2 aliphatic rings. The fraction of sp³-hybridized carbons (Fsp3) is 0.531. The first-order valence-electron chi connectivity index (χ1n) is 14.7. The Morgan fingerprint density at radius 1 is 1.02 bits per heavy atom. The van der Waals surface area contributed by atoms with Crippen LogP contribution in [-0.4, -0.2) is 82.0 Å². The number of anilines is 1. The van der Waals surface area contributed by atoms with Gasteiger partial charge in [-0.25, -0.2) is 5.43 Å². The van der Waals surface area contributed by atoms with E-state index in [2.05, 4.69) is 52.7 Å². The zero-order valence-electron chi connectivity index (χ0n) is 25.3. The molecule has 9 heteroatoms. The number of nitrogens with zero attached hydrogens (tertiary/aromatic N) is 3. The summed E-state index contributed by atoms with van der Waals surface area (Å²) in [6, 6.07) is 13.2. The van der Waals surface area contributed by atoms with Crippen molar-refractivity contribution in [2.24, 2.45) is 11.0 Å². The van der Waals surface area contributed by atoms with E-state index < -0.39 is 5.92 Å². The Labute approximate surface area is 244 Å². The third-order valence-corrected chi connectivity index (χ3v) is 8.49. The van der Waals surface area contributed by atoms with Crippen LogP contribution >= 0.6 is 0 Å². The van der Waals surface area contributed by atoms with Crippen molar-refractivity contribution in [3.63, 3.8) is 0 Å². The smallest absolute Gasteiger partial charge is 0.251 e. The summed E-state index contributed by atoms with van der Waals surface area (Å²) in [6.45, 7) is 8.09. The lowest BCUT2D eigenvalue weighted by Crippen LogP contribution is -2.42. The molecule has 2 aromatic rings.